The van der Waals surface area contributed by atoms with Crippen molar-refractivity contribution in [1.29, 1.82) is 0 Å². The van der Waals surface area contributed by atoms with Crippen molar-refractivity contribution in [3.8, 4) is 0 Å². The van der Waals surface area contributed by atoms with Crippen LogP contribution in [0.15, 0.2) is 108 Å². The van der Waals surface area contributed by atoms with E-state index in [1.165, 1.54) is 0 Å². The normalized spacial score (nSPS) is 11.7. The number of carbonyl (C=O) groups excluding carboxylic acids is 1. The zero-order valence-corrected chi connectivity index (χ0v) is 18.2. The fraction of sp³-hybridized carbons (Fsp3) is 0.0800. The summed E-state index contributed by atoms with van der Waals surface area (Å²) in [6, 6.07) is 24.6. The van der Waals surface area contributed by atoms with Crippen molar-refractivity contribution in [3.63, 3.8) is 0 Å². The lowest BCUT2D eigenvalue weighted by molar-refractivity contribution is 0.247. The number of nitrogens with one attached hydrogen (secondary N) is 2. The molecule has 0 radical (unpaired) electrons. The molecule has 0 fully saturated rings. The molecule has 0 saturated heterocycles. The van der Waals surface area contributed by atoms with Gasteiger partial charge >= 0.3 is 6.03 Å². The second-order valence-electron chi connectivity index (χ2n) is 7.05. The van der Waals surface area contributed by atoms with Gasteiger partial charge in [-0.15, -0.1) is 0 Å². The molecule has 2 heterocycles. The van der Waals surface area contributed by atoms with Crippen LogP contribution >= 0.6 is 15.9 Å². The van der Waals surface area contributed by atoms with Crippen LogP contribution in [0.1, 0.15) is 28.7 Å². The smallest absolute Gasteiger partial charge is 0.319 e. The molecule has 2 amide bonds. The van der Waals surface area contributed by atoms with Gasteiger partial charge in [0, 0.05) is 40.9 Å². The van der Waals surface area contributed by atoms with Crippen LogP contribution in [-0.2, 0) is 0 Å². The first kappa shape index (κ1) is 20.8. The predicted octanol–water partition coefficient (Wildman–Crippen LogP) is 5.93. The number of aromatic nitrogens is 2. The fourth-order valence-corrected chi connectivity index (χ4v) is 4.00. The highest BCUT2D eigenvalue weighted by molar-refractivity contribution is 9.10. The van der Waals surface area contributed by atoms with Gasteiger partial charge in [-0.1, -0.05) is 58.4 Å². The number of halogens is 1. The summed E-state index contributed by atoms with van der Waals surface area (Å²) in [6.45, 7) is 0. The van der Waals surface area contributed by atoms with Crippen molar-refractivity contribution in [2.75, 3.05) is 5.32 Å². The standard InChI is InChI=1S/C25H21BrN4O/c26-21-10-4-7-18(15-21)24(30-25(31)29-22-11-2-1-3-12-22)23(19-8-5-13-27-16-19)20-9-6-14-28-17-20/h1-17,23-24H,(H2,29,30,31). The quantitative estimate of drug-likeness (QED) is 0.365. The zero-order valence-electron chi connectivity index (χ0n) is 16.7. The van der Waals surface area contributed by atoms with Crippen LogP contribution in [0.2, 0.25) is 0 Å². The van der Waals surface area contributed by atoms with E-state index in [0.29, 0.717) is 0 Å². The van der Waals surface area contributed by atoms with Gasteiger partial charge < -0.3 is 10.6 Å². The van der Waals surface area contributed by atoms with Gasteiger partial charge in [-0.05, 0) is 53.1 Å². The van der Waals surface area contributed by atoms with Crippen molar-refractivity contribution < 1.29 is 4.79 Å². The van der Waals surface area contributed by atoms with Crippen molar-refractivity contribution in [2.45, 2.75) is 12.0 Å². The van der Waals surface area contributed by atoms with E-state index < -0.39 is 0 Å². The van der Waals surface area contributed by atoms with Crippen molar-refractivity contribution in [2.24, 2.45) is 0 Å². The van der Waals surface area contributed by atoms with Crippen LogP contribution < -0.4 is 10.6 Å². The molecule has 0 saturated carbocycles. The highest BCUT2D eigenvalue weighted by Gasteiger charge is 2.29. The summed E-state index contributed by atoms with van der Waals surface area (Å²) in [5, 5.41) is 6.10. The SMILES string of the molecule is O=C(Nc1ccccc1)NC(c1cccc(Br)c1)C(c1cccnc1)c1cccnc1. The summed E-state index contributed by atoms with van der Waals surface area (Å²) < 4.78 is 0.941. The van der Waals surface area contributed by atoms with E-state index >= 15 is 0 Å². The molecule has 4 rings (SSSR count). The molecule has 0 aliphatic rings. The molecule has 0 bridgehead atoms. The van der Waals surface area contributed by atoms with Crippen LogP contribution in [-0.4, -0.2) is 16.0 Å². The molecule has 0 aliphatic heterocycles. The number of para-hydroxylation sites is 1. The Morgan fingerprint density at radius 3 is 2.00 bits per heavy atom. The molecular formula is C25H21BrN4O. The number of pyridine rings is 2. The maximum absolute atomic E-state index is 13.0. The Kier molecular flexibility index (Phi) is 6.69. The second-order valence-corrected chi connectivity index (χ2v) is 7.96. The number of hydrogen-bond donors (Lipinski definition) is 2. The summed E-state index contributed by atoms with van der Waals surface area (Å²) in [7, 11) is 0. The maximum atomic E-state index is 13.0. The van der Waals surface area contributed by atoms with Gasteiger partial charge in [0.05, 0.1) is 6.04 Å². The number of amides is 2. The third kappa shape index (κ3) is 5.35. The van der Waals surface area contributed by atoms with Gasteiger partial charge in [0.25, 0.3) is 0 Å². The summed E-state index contributed by atoms with van der Waals surface area (Å²) >= 11 is 3.56. The van der Waals surface area contributed by atoms with E-state index in [-0.39, 0.29) is 18.0 Å². The summed E-state index contributed by atoms with van der Waals surface area (Å²) in [5.41, 5.74) is 3.67. The van der Waals surface area contributed by atoms with E-state index in [0.717, 1.165) is 26.9 Å². The molecule has 4 aromatic rings. The number of carbonyl (C=O) groups is 1. The lowest BCUT2D eigenvalue weighted by Gasteiger charge is -2.29. The average Bonchev–Trinajstić information content (AvgIpc) is 2.81. The Morgan fingerprint density at radius 2 is 1.42 bits per heavy atom. The molecule has 6 heteroatoms. The summed E-state index contributed by atoms with van der Waals surface area (Å²) in [5.74, 6) is -0.182. The van der Waals surface area contributed by atoms with Crippen molar-refractivity contribution in [1.82, 2.24) is 15.3 Å². The largest absolute Gasteiger partial charge is 0.330 e. The molecule has 2 aromatic heterocycles. The number of rotatable bonds is 6. The van der Waals surface area contributed by atoms with E-state index in [1.54, 1.807) is 12.4 Å². The molecule has 1 atom stereocenters. The predicted molar refractivity (Wildman–Crippen MR) is 126 cm³/mol. The van der Waals surface area contributed by atoms with Crippen LogP contribution in [0.3, 0.4) is 0 Å². The lowest BCUT2D eigenvalue weighted by Crippen LogP contribution is -2.36. The Morgan fingerprint density at radius 1 is 0.774 bits per heavy atom. The van der Waals surface area contributed by atoms with Gasteiger partial charge in [0.2, 0.25) is 0 Å². The Labute approximate surface area is 189 Å². The van der Waals surface area contributed by atoms with Gasteiger partial charge in [0.15, 0.2) is 0 Å². The Balaban J connectivity index is 1.75. The van der Waals surface area contributed by atoms with E-state index in [2.05, 4.69) is 36.5 Å². The molecule has 2 aromatic carbocycles. The highest BCUT2D eigenvalue weighted by Crippen LogP contribution is 2.37. The molecule has 31 heavy (non-hydrogen) atoms. The number of urea groups is 1. The number of nitrogens with zero attached hydrogens (tertiary/aromatic N) is 2. The monoisotopic (exact) mass is 472 g/mol. The first-order valence-corrected chi connectivity index (χ1v) is 10.7. The fourth-order valence-electron chi connectivity index (χ4n) is 3.59. The van der Waals surface area contributed by atoms with Gasteiger partial charge in [-0.3, -0.25) is 9.97 Å². The number of benzene rings is 2. The first-order valence-electron chi connectivity index (χ1n) is 9.88. The first-order chi connectivity index (χ1) is 15.2. The van der Waals surface area contributed by atoms with Crippen molar-refractivity contribution >= 4 is 27.6 Å². The van der Waals surface area contributed by atoms with E-state index in [9.17, 15) is 4.79 Å². The van der Waals surface area contributed by atoms with Gasteiger partial charge in [-0.25, -0.2) is 4.79 Å². The molecule has 0 spiro atoms. The molecule has 0 aliphatic carbocycles. The summed E-state index contributed by atoms with van der Waals surface area (Å²) in [6.07, 6.45) is 7.15. The molecule has 5 nitrogen and oxygen atoms in total. The molecular weight excluding hydrogens is 452 g/mol. The summed E-state index contributed by atoms with van der Waals surface area (Å²) in [4.78, 5) is 21.6. The van der Waals surface area contributed by atoms with Gasteiger partial charge in [-0.2, -0.15) is 0 Å². The number of hydrogen-bond acceptors (Lipinski definition) is 3. The zero-order chi connectivity index (χ0) is 21.5. The minimum Gasteiger partial charge on any atom is -0.330 e. The Hall–Kier alpha value is -3.51. The average molecular weight is 473 g/mol. The molecule has 154 valence electrons. The lowest BCUT2D eigenvalue weighted by atomic mass is 9.83. The molecule has 2 N–H and O–H groups in total. The Bertz CT molecular complexity index is 1080. The van der Waals surface area contributed by atoms with Gasteiger partial charge in [0.1, 0.15) is 0 Å². The minimum absolute atomic E-state index is 0.182. The van der Waals surface area contributed by atoms with Crippen LogP contribution in [0, 0.1) is 0 Å². The maximum Gasteiger partial charge on any atom is 0.319 e. The highest BCUT2D eigenvalue weighted by atomic mass is 79.9. The minimum atomic E-state index is -0.352. The molecule has 1 unspecified atom stereocenters. The van der Waals surface area contributed by atoms with Crippen LogP contribution in [0.25, 0.3) is 0 Å². The van der Waals surface area contributed by atoms with Crippen molar-refractivity contribution in [3.05, 3.63) is 125 Å². The topological polar surface area (TPSA) is 66.9 Å². The number of anilines is 1. The second kappa shape index (κ2) is 10.00. The van der Waals surface area contributed by atoms with Crippen LogP contribution in [0.4, 0.5) is 10.5 Å². The van der Waals surface area contributed by atoms with Crippen LogP contribution in [0.5, 0.6) is 0 Å². The third-order valence-electron chi connectivity index (χ3n) is 4.95. The van der Waals surface area contributed by atoms with E-state index in [4.69, 9.17) is 0 Å². The van der Waals surface area contributed by atoms with E-state index in [1.807, 2.05) is 91.3 Å². The third-order valence-corrected chi connectivity index (χ3v) is 5.44.